The van der Waals surface area contributed by atoms with Gasteiger partial charge in [-0.2, -0.15) is 5.10 Å². The zero-order valence-corrected chi connectivity index (χ0v) is 20.1. The predicted octanol–water partition coefficient (Wildman–Crippen LogP) is 3.16. The molecule has 0 radical (unpaired) electrons. The van der Waals surface area contributed by atoms with Gasteiger partial charge in [-0.05, 0) is 37.6 Å². The fraction of sp³-hybridized carbons (Fsp3) is 0.300. The first-order chi connectivity index (χ1) is 14.1. The molecule has 30 heavy (non-hydrogen) atoms. The number of carbonyl (C=O) groups excluding carboxylic acids is 1. The number of nitrogens with zero attached hydrogens (tertiary/aromatic N) is 4. The third-order valence-electron chi connectivity index (χ3n) is 3.92. The lowest BCUT2D eigenvalue weighted by Gasteiger charge is -2.11. The normalized spacial score (nSPS) is 10.9. The molecule has 0 atom stereocenters. The van der Waals surface area contributed by atoms with Crippen LogP contribution in [0.2, 0.25) is 0 Å². The first-order valence-electron chi connectivity index (χ1n) is 9.42. The molecule has 0 saturated carbocycles. The molecule has 2 aromatic heterocycles. The van der Waals surface area contributed by atoms with Gasteiger partial charge in [0.1, 0.15) is 11.6 Å². The monoisotopic (exact) mass is 539 g/mol. The number of guanidine groups is 1. The summed E-state index contributed by atoms with van der Waals surface area (Å²) in [5, 5.41) is 14.5. The highest BCUT2D eigenvalue weighted by molar-refractivity contribution is 14.0. The molecule has 0 aliphatic heterocycles. The maximum absolute atomic E-state index is 12.1. The van der Waals surface area contributed by atoms with E-state index < -0.39 is 0 Å². The lowest BCUT2D eigenvalue weighted by Crippen LogP contribution is -2.36. The van der Waals surface area contributed by atoms with Crippen molar-refractivity contribution < 1.29 is 4.79 Å². The van der Waals surface area contributed by atoms with Gasteiger partial charge in [-0.3, -0.25) is 9.48 Å². The average Bonchev–Trinajstić information content (AvgIpc) is 3.36. The van der Waals surface area contributed by atoms with E-state index in [-0.39, 0.29) is 36.4 Å². The van der Waals surface area contributed by atoms with Crippen LogP contribution in [0.25, 0.3) is 0 Å². The van der Waals surface area contributed by atoms with Crippen molar-refractivity contribution in [2.45, 2.75) is 33.5 Å². The van der Waals surface area contributed by atoms with Gasteiger partial charge in [0, 0.05) is 35.7 Å². The van der Waals surface area contributed by atoms with Gasteiger partial charge in [0.15, 0.2) is 5.96 Å². The summed E-state index contributed by atoms with van der Waals surface area (Å²) < 4.78 is 1.59. The second kappa shape index (κ2) is 12.3. The summed E-state index contributed by atoms with van der Waals surface area (Å²) in [5.41, 5.74) is 1.75. The van der Waals surface area contributed by atoms with Crippen LogP contribution in [0.15, 0.2) is 53.9 Å². The molecule has 0 aliphatic rings. The minimum atomic E-state index is -0.122. The van der Waals surface area contributed by atoms with Gasteiger partial charge in [0.2, 0.25) is 5.91 Å². The molecule has 8 nitrogen and oxygen atoms in total. The molecule has 1 aromatic carbocycles. The Morgan fingerprint density at radius 1 is 1.27 bits per heavy atom. The third kappa shape index (κ3) is 7.75. The number of hydrogen-bond donors (Lipinski definition) is 3. The van der Waals surface area contributed by atoms with Crippen LogP contribution in [0, 0.1) is 6.92 Å². The molecule has 0 bridgehead atoms. The van der Waals surface area contributed by atoms with Crippen LogP contribution in [-0.2, 0) is 24.4 Å². The summed E-state index contributed by atoms with van der Waals surface area (Å²) in [6.07, 6.45) is 5.28. The first kappa shape index (κ1) is 23.8. The highest BCUT2D eigenvalue weighted by Gasteiger charge is 2.05. The second-order valence-electron chi connectivity index (χ2n) is 6.37. The third-order valence-corrected chi connectivity index (χ3v) is 4.83. The van der Waals surface area contributed by atoms with Crippen LogP contribution >= 0.6 is 35.3 Å². The summed E-state index contributed by atoms with van der Waals surface area (Å²) >= 11 is 1.67. The quantitative estimate of drug-likeness (QED) is 0.232. The number of nitrogens with one attached hydrogen (secondary N) is 3. The van der Waals surface area contributed by atoms with Crippen LogP contribution in [0.3, 0.4) is 0 Å². The summed E-state index contributed by atoms with van der Waals surface area (Å²) in [7, 11) is 0. The van der Waals surface area contributed by atoms with E-state index in [1.54, 1.807) is 34.5 Å². The number of aromatic nitrogens is 3. The molecule has 0 aliphatic carbocycles. The Labute approximate surface area is 197 Å². The van der Waals surface area contributed by atoms with E-state index in [4.69, 9.17) is 0 Å². The van der Waals surface area contributed by atoms with E-state index in [0.29, 0.717) is 13.1 Å². The Morgan fingerprint density at radius 3 is 2.83 bits per heavy atom. The first-order valence-corrected chi connectivity index (χ1v) is 10.2. The minimum absolute atomic E-state index is 0. The molecule has 0 unspecified atom stereocenters. The van der Waals surface area contributed by atoms with Crippen molar-refractivity contribution in [2.75, 3.05) is 11.9 Å². The largest absolute Gasteiger partial charge is 0.357 e. The predicted molar refractivity (Wildman–Crippen MR) is 131 cm³/mol. The molecule has 2 heterocycles. The Hall–Kier alpha value is -2.47. The smallest absolute Gasteiger partial charge is 0.246 e. The standard InChI is InChI=1S/C20H25N7OS.HI/c1-3-21-20(24-13-19-22-11-15(2)29-19)23-12-16-6-4-7-17(10-16)26-18(28)14-27-9-5-8-25-27;/h4-11H,3,12-14H2,1-2H3,(H,26,28)(H2,21,23,24);1H. The van der Waals surface area contributed by atoms with E-state index in [0.717, 1.165) is 28.8 Å². The lowest BCUT2D eigenvalue weighted by molar-refractivity contribution is -0.116. The molecular formula is C20H26IN7OS. The van der Waals surface area contributed by atoms with Crippen molar-refractivity contribution in [1.82, 2.24) is 25.4 Å². The number of thiazole rings is 1. The minimum Gasteiger partial charge on any atom is -0.357 e. The fourth-order valence-corrected chi connectivity index (χ4v) is 3.37. The summed E-state index contributed by atoms with van der Waals surface area (Å²) in [6.45, 7) is 6.15. The number of amides is 1. The van der Waals surface area contributed by atoms with E-state index in [9.17, 15) is 4.79 Å². The van der Waals surface area contributed by atoms with Gasteiger partial charge in [-0.15, -0.1) is 35.3 Å². The van der Waals surface area contributed by atoms with E-state index in [1.165, 1.54) is 4.88 Å². The van der Waals surface area contributed by atoms with Crippen LogP contribution in [-0.4, -0.2) is 33.2 Å². The molecule has 3 aromatic rings. The van der Waals surface area contributed by atoms with Gasteiger partial charge >= 0.3 is 0 Å². The van der Waals surface area contributed by atoms with Crippen LogP contribution in [0.4, 0.5) is 5.69 Å². The molecule has 160 valence electrons. The molecule has 3 rings (SSSR count). The molecule has 3 N–H and O–H groups in total. The number of carbonyl (C=O) groups is 1. The van der Waals surface area contributed by atoms with Crippen molar-refractivity contribution in [3.8, 4) is 0 Å². The summed E-state index contributed by atoms with van der Waals surface area (Å²) in [6, 6.07) is 9.48. The maximum atomic E-state index is 12.1. The number of halogens is 1. The molecule has 0 saturated heterocycles. The van der Waals surface area contributed by atoms with E-state index in [2.05, 4.69) is 31.0 Å². The Bertz CT molecular complexity index is 956. The molecule has 0 fully saturated rings. The topological polar surface area (TPSA) is 96.2 Å². The van der Waals surface area contributed by atoms with Crippen molar-refractivity contribution >= 4 is 52.9 Å². The molecule has 1 amide bonds. The van der Waals surface area contributed by atoms with Crippen LogP contribution < -0.4 is 16.0 Å². The zero-order chi connectivity index (χ0) is 20.5. The van der Waals surface area contributed by atoms with Crippen LogP contribution in [0.1, 0.15) is 22.4 Å². The Balaban J connectivity index is 0.00000320. The van der Waals surface area contributed by atoms with Gasteiger partial charge in [0.05, 0.1) is 13.1 Å². The highest BCUT2D eigenvalue weighted by Crippen LogP contribution is 2.12. The number of aliphatic imine (C=N–C) groups is 1. The summed E-state index contributed by atoms with van der Waals surface area (Å²) in [4.78, 5) is 22.3. The fourth-order valence-electron chi connectivity index (χ4n) is 2.64. The molecular weight excluding hydrogens is 513 g/mol. The van der Waals surface area contributed by atoms with Crippen molar-refractivity contribution in [1.29, 1.82) is 0 Å². The van der Waals surface area contributed by atoms with E-state index in [1.807, 2.05) is 44.3 Å². The van der Waals surface area contributed by atoms with Gasteiger partial charge in [-0.1, -0.05) is 12.1 Å². The number of anilines is 1. The number of hydrogen-bond acceptors (Lipinski definition) is 5. The highest BCUT2D eigenvalue weighted by atomic mass is 127. The lowest BCUT2D eigenvalue weighted by atomic mass is 10.2. The average molecular weight is 539 g/mol. The van der Waals surface area contributed by atoms with Gasteiger partial charge < -0.3 is 16.0 Å². The second-order valence-corrected chi connectivity index (χ2v) is 7.68. The Morgan fingerprint density at radius 2 is 2.13 bits per heavy atom. The van der Waals surface area contributed by atoms with Gasteiger partial charge in [-0.25, -0.2) is 9.98 Å². The van der Waals surface area contributed by atoms with E-state index >= 15 is 0 Å². The SMILES string of the molecule is CCNC(=NCc1cccc(NC(=O)Cn2cccn2)c1)NCc1ncc(C)s1.I. The number of aryl methyl sites for hydroxylation is 1. The molecule has 10 heteroatoms. The number of rotatable bonds is 8. The maximum Gasteiger partial charge on any atom is 0.246 e. The Kier molecular flexibility index (Phi) is 9.74. The van der Waals surface area contributed by atoms with Gasteiger partial charge in [0.25, 0.3) is 0 Å². The summed E-state index contributed by atoms with van der Waals surface area (Å²) in [5.74, 6) is 0.608. The van der Waals surface area contributed by atoms with Crippen molar-refractivity contribution in [3.05, 3.63) is 64.4 Å². The van der Waals surface area contributed by atoms with Crippen LogP contribution in [0.5, 0.6) is 0 Å². The molecule has 0 spiro atoms. The van der Waals surface area contributed by atoms with Crippen molar-refractivity contribution in [2.24, 2.45) is 4.99 Å². The van der Waals surface area contributed by atoms with Crippen molar-refractivity contribution in [3.63, 3.8) is 0 Å². The zero-order valence-electron chi connectivity index (χ0n) is 17.0. The number of benzene rings is 1.